The van der Waals surface area contributed by atoms with Gasteiger partial charge in [0.1, 0.15) is 5.75 Å². The molecule has 1 aliphatic carbocycles. The quantitative estimate of drug-likeness (QED) is 0.511. The molecule has 1 amide bonds. The summed E-state index contributed by atoms with van der Waals surface area (Å²) in [6.45, 7) is 7.48. The number of ether oxygens (including phenoxy) is 1. The van der Waals surface area contributed by atoms with E-state index < -0.39 is 5.41 Å². The lowest BCUT2D eigenvalue weighted by Crippen LogP contribution is -2.38. The standard InChI is InChI=1S/C28H38N2O2/c1-22-9-11-24(12-10-22)28(17-4-5-18-28)27(31)29-25-13-15-26(16-14-25)32-21-7-20-30-19-6-3-8-23(30)2/h9-16,23H,3-8,17-21H2,1-2H3,(H,29,31). The number of hydrogen-bond donors (Lipinski definition) is 1. The van der Waals surface area contributed by atoms with Crippen LogP contribution in [0.2, 0.25) is 0 Å². The number of benzene rings is 2. The minimum Gasteiger partial charge on any atom is -0.494 e. The number of nitrogens with one attached hydrogen (secondary N) is 1. The molecule has 0 bridgehead atoms. The number of hydrogen-bond acceptors (Lipinski definition) is 3. The molecule has 1 aliphatic heterocycles. The average molecular weight is 435 g/mol. The van der Waals surface area contributed by atoms with Crippen molar-refractivity contribution in [2.24, 2.45) is 0 Å². The van der Waals surface area contributed by atoms with E-state index in [0.717, 1.165) is 62.3 Å². The maximum atomic E-state index is 13.3. The molecule has 2 aromatic rings. The van der Waals surface area contributed by atoms with Gasteiger partial charge in [-0.25, -0.2) is 0 Å². The number of piperidine rings is 1. The maximum Gasteiger partial charge on any atom is 0.235 e. The van der Waals surface area contributed by atoms with Crippen molar-refractivity contribution in [1.29, 1.82) is 0 Å². The summed E-state index contributed by atoms with van der Waals surface area (Å²) in [6.07, 6.45) is 9.08. The summed E-state index contributed by atoms with van der Waals surface area (Å²) in [7, 11) is 0. The zero-order valence-corrected chi connectivity index (χ0v) is 19.7. The van der Waals surface area contributed by atoms with Gasteiger partial charge in [0.2, 0.25) is 5.91 Å². The lowest BCUT2D eigenvalue weighted by atomic mass is 9.77. The van der Waals surface area contributed by atoms with Crippen LogP contribution in [0.4, 0.5) is 5.69 Å². The third kappa shape index (κ3) is 5.35. The van der Waals surface area contributed by atoms with Crippen LogP contribution in [0.25, 0.3) is 0 Å². The lowest BCUT2D eigenvalue weighted by molar-refractivity contribution is -0.121. The van der Waals surface area contributed by atoms with Crippen LogP contribution in [0.3, 0.4) is 0 Å². The normalized spacial score (nSPS) is 20.8. The topological polar surface area (TPSA) is 41.6 Å². The highest BCUT2D eigenvalue weighted by Crippen LogP contribution is 2.42. The monoisotopic (exact) mass is 434 g/mol. The summed E-state index contributed by atoms with van der Waals surface area (Å²) >= 11 is 0. The number of aryl methyl sites for hydroxylation is 1. The SMILES string of the molecule is Cc1ccc(C2(C(=O)Nc3ccc(OCCCN4CCCCC4C)cc3)CCCC2)cc1. The van der Waals surface area contributed by atoms with Crippen LogP contribution < -0.4 is 10.1 Å². The first-order valence-corrected chi connectivity index (χ1v) is 12.4. The fraction of sp³-hybridized carbons (Fsp3) is 0.536. The highest BCUT2D eigenvalue weighted by molar-refractivity contribution is 5.99. The van der Waals surface area contributed by atoms with Gasteiger partial charge in [-0.3, -0.25) is 4.79 Å². The van der Waals surface area contributed by atoms with Gasteiger partial charge < -0.3 is 15.0 Å². The Morgan fingerprint density at radius 1 is 1.03 bits per heavy atom. The average Bonchev–Trinajstić information content (AvgIpc) is 3.31. The molecule has 2 fully saturated rings. The molecule has 0 spiro atoms. The highest BCUT2D eigenvalue weighted by Gasteiger charge is 2.42. The summed E-state index contributed by atoms with van der Waals surface area (Å²) in [4.78, 5) is 15.9. The second-order valence-corrected chi connectivity index (χ2v) is 9.72. The number of anilines is 1. The third-order valence-electron chi connectivity index (χ3n) is 7.41. The fourth-order valence-corrected chi connectivity index (χ4v) is 5.33. The van der Waals surface area contributed by atoms with Gasteiger partial charge in [-0.15, -0.1) is 0 Å². The molecule has 2 aromatic carbocycles. The Morgan fingerprint density at radius 3 is 2.44 bits per heavy atom. The Balaban J connectivity index is 1.30. The van der Waals surface area contributed by atoms with Crippen LogP contribution in [0.1, 0.15) is 69.4 Å². The van der Waals surface area contributed by atoms with E-state index in [0.29, 0.717) is 6.04 Å². The Hall–Kier alpha value is -2.33. The first-order chi connectivity index (χ1) is 15.6. The highest BCUT2D eigenvalue weighted by atomic mass is 16.5. The summed E-state index contributed by atoms with van der Waals surface area (Å²) < 4.78 is 5.95. The van der Waals surface area contributed by atoms with Crippen LogP contribution >= 0.6 is 0 Å². The van der Waals surface area contributed by atoms with E-state index in [1.807, 2.05) is 24.3 Å². The van der Waals surface area contributed by atoms with Crippen molar-refractivity contribution >= 4 is 11.6 Å². The van der Waals surface area contributed by atoms with Crippen LogP contribution in [-0.2, 0) is 10.2 Å². The number of carbonyl (C=O) groups is 1. The Kier molecular flexibility index (Phi) is 7.51. The second-order valence-electron chi connectivity index (χ2n) is 9.72. The van der Waals surface area contributed by atoms with Crippen LogP contribution in [-0.4, -0.2) is 36.5 Å². The van der Waals surface area contributed by atoms with E-state index >= 15 is 0 Å². The van der Waals surface area contributed by atoms with E-state index in [2.05, 4.69) is 48.3 Å². The predicted octanol–water partition coefficient (Wildman–Crippen LogP) is 6.09. The molecule has 0 radical (unpaired) electrons. The molecule has 1 heterocycles. The van der Waals surface area contributed by atoms with E-state index in [1.54, 1.807) is 0 Å². The molecular weight excluding hydrogens is 396 g/mol. The molecule has 1 unspecified atom stereocenters. The van der Waals surface area contributed by atoms with E-state index in [9.17, 15) is 4.79 Å². The zero-order chi connectivity index (χ0) is 22.4. The van der Waals surface area contributed by atoms with Crippen LogP contribution in [0, 0.1) is 6.92 Å². The molecule has 4 heteroatoms. The van der Waals surface area contributed by atoms with Gasteiger partial charge in [-0.2, -0.15) is 0 Å². The van der Waals surface area contributed by atoms with Crippen molar-refractivity contribution < 1.29 is 9.53 Å². The van der Waals surface area contributed by atoms with Gasteiger partial charge in [0.05, 0.1) is 12.0 Å². The predicted molar refractivity (Wildman–Crippen MR) is 131 cm³/mol. The molecule has 1 atom stereocenters. The molecule has 4 nitrogen and oxygen atoms in total. The molecule has 1 saturated heterocycles. The Bertz CT molecular complexity index is 869. The Morgan fingerprint density at radius 2 is 1.75 bits per heavy atom. The molecule has 0 aromatic heterocycles. The Labute approximate surface area is 193 Å². The number of nitrogens with zero attached hydrogens (tertiary/aromatic N) is 1. The second kappa shape index (κ2) is 10.5. The smallest absolute Gasteiger partial charge is 0.235 e. The van der Waals surface area contributed by atoms with Crippen LogP contribution in [0.15, 0.2) is 48.5 Å². The lowest BCUT2D eigenvalue weighted by Gasteiger charge is -2.33. The number of likely N-dealkylation sites (tertiary alicyclic amines) is 1. The van der Waals surface area contributed by atoms with Crippen LogP contribution in [0.5, 0.6) is 5.75 Å². The van der Waals surface area contributed by atoms with Gasteiger partial charge in [0, 0.05) is 18.3 Å². The molecular formula is C28H38N2O2. The van der Waals surface area contributed by atoms with E-state index in [4.69, 9.17) is 4.74 Å². The molecule has 1 saturated carbocycles. The van der Waals surface area contributed by atoms with Crippen molar-refractivity contribution in [2.75, 3.05) is 25.0 Å². The van der Waals surface area contributed by atoms with Crippen molar-refractivity contribution in [2.45, 2.75) is 76.7 Å². The van der Waals surface area contributed by atoms with Crippen molar-refractivity contribution in [1.82, 2.24) is 4.90 Å². The summed E-state index contributed by atoms with van der Waals surface area (Å²) in [5.41, 5.74) is 2.79. The minimum atomic E-state index is -0.408. The fourth-order valence-electron chi connectivity index (χ4n) is 5.33. The number of carbonyl (C=O) groups excluding carboxylic acids is 1. The van der Waals surface area contributed by atoms with Gasteiger partial charge in [0.15, 0.2) is 0 Å². The van der Waals surface area contributed by atoms with Crippen molar-refractivity contribution in [3.63, 3.8) is 0 Å². The maximum absolute atomic E-state index is 13.3. The van der Waals surface area contributed by atoms with Crippen molar-refractivity contribution in [3.8, 4) is 5.75 Å². The van der Waals surface area contributed by atoms with E-state index in [-0.39, 0.29) is 5.91 Å². The van der Waals surface area contributed by atoms with Crippen molar-refractivity contribution in [3.05, 3.63) is 59.7 Å². The molecule has 2 aliphatic rings. The first kappa shape index (κ1) is 22.8. The van der Waals surface area contributed by atoms with E-state index in [1.165, 1.54) is 31.4 Å². The summed E-state index contributed by atoms with van der Waals surface area (Å²) in [5.74, 6) is 0.979. The summed E-state index contributed by atoms with van der Waals surface area (Å²) in [5, 5.41) is 3.18. The molecule has 32 heavy (non-hydrogen) atoms. The zero-order valence-electron chi connectivity index (χ0n) is 19.7. The first-order valence-electron chi connectivity index (χ1n) is 12.4. The third-order valence-corrected chi connectivity index (χ3v) is 7.41. The molecule has 172 valence electrons. The number of rotatable bonds is 8. The van der Waals surface area contributed by atoms with Gasteiger partial charge in [-0.1, -0.05) is 49.1 Å². The van der Waals surface area contributed by atoms with Gasteiger partial charge in [0.25, 0.3) is 0 Å². The van der Waals surface area contributed by atoms with Gasteiger partial charge >= 0.3 is 0 Å². The van der Waals surface area contributed by atoms with Gasteiger partial charge in [-0.05, 0) is 82.3 Å². The molecule has 1 N–H and O–H groups in total. The summed E-state index contributed by atoms with van der Waals surface area (Å²) in [6, 6.07) is 17.0. The number of amides is 1. The minimum absolute atomic E-state index is 0.114. The molecule has 4 rings (SSSR count). The largest absolute Gasteiger partial charge is 0.494 e.